The summed E-state index contributed by atoms with van der Waals surface area (Å²) in [5, 5.41) is 8.74. The van der Waals surface area contributed by atoms with Gasteiger partial charge in [-0.05, 0) is 49.4 Å². The minimum atomic E-state index is 0.379. The molecule has 2 saturated carbocycles. The van der Waals surface area contributed by atoms with Crippen LogP contribution in [0.4, 0.5) is 0 Å². The van der Waals surface area contributed by atoms with Crippen LogP contribution in [0.1, 0.15) is 96.8 Å². The first kappa shape index (κ1) is 17.3. The first-order valence-electron chi connectivity index (χ1n) is 9.96. The summed E-state index contributed by atoms with van der Waals surface area (Å²) < 4.78 is 0. The van der Waals surface area contributed by atoms with E-state index >= 15 is 0 Å². The van der Waals surface area contributed by atoms with Crippen molar-refractivity contribution in [2.45, 2.75) is 96.8 Å². The summed E-state index contributed by atoms with van der Waals surface area (Å²) in [6.45, 7) is 2.69. The summed E-state index contributed by atoms with van der Waals surface area (Å²) in [4.78, 5) is 0. The zero-order valence-electron chi connectivity index (χ0n) is 14.4. The van der Waals surface area contributed by atoms with Gasteiger partial charge >= 0.3 is 0 Å². The number of aliphatic hydroxyl groups excluding tert-OH is 1. The zero-order valence-corrected chi connectivity index (χ0v) is 14.4. The second kappa shape index (κ2) is 9.87. The molecule has 124 valence electrons. The van der Waals surface area contributed by atoms with Gasteiger partial charge in [0.15, 0.2) is 0 Å². The van der Waals surface area contributed by atoms with Crippen LogP contribution in [0.3, 0.4) is 0 Å². The van der Waals surface area contributed by atoms with Gasteiger partial charge in [-0.15, -0.1) is 0 Å². The minimum absolute atomic E-state index is 0.379. The molecule has 0 aromatic rings. The summed E-state index contributed by atoms with van der Waals surface area (Å²) in [7, 11) is 0. The third kappa shape index (κ3) is 7.17. The first-order valence-corrected chi connectivity index (χ1v) is 9.96. The fourth-order valence-corrected chi connectivity index (χ4v) is 4.18. The topological polar surface area (TPSA) is 20.2 Å². The van der Waals surface area contributed by atoms with Gasteiger partial charge in [-0.1, -0.05) is 71.1 Å². The Kier molecular flexibility index (Phi) is 8.14. The van der Waals surface area contributed by atoms with Crippen molar-refractivity contribution in [2.24, 2.45) is 23.7 Å². The number of hydrogen-bond acceptors (Lipinski definition) is 1. The predicted molar refractivity (Wildman–Crippen MR) is 91.4 cm³/mol. The molecular formula is C20H38O. The molecule has 0 aromatic carbocycles. The predicted octanol–water partition coefficient (Wildman–Crippen LogP) is 5.95. The molecule has 0 bridgehead atoms. The second-order valence-electron chi connectivity index (χ2n) is 7.88. The Balaban J connectivity index is 1.36. The lowest BCUT2D eigenvalue weighted by Crippen LogP contribution is -1.90. The lowest BCUT2D eigenvalue weighted by Gasteiger charge is -2.02. The van der Waals surface area contributed by atoms with Crippen LogP contribution in [0, 0.1) is 23.7 Å². The van der Waals surface area contributed by atoms with Crippen LogP contribution in [0.5, 0.6) is 0 Å². The highest BCUT2D eigenvalue weighted by molar-refractivity contribution is 4.94. The van der Waals surface area contributed by atoms with Crippen LogP contribution in [-0.2, 0) is 0 Å². The van der Waals surface area contributed by atoms with Gasteiger partial charge in [-0.25, -0.2) is 0 Å². The molecule has 4 atom stereocenters. The molecule has 0 unspecified atom stereocenters. The SMILES string of the molecule is CCCCC[C@@H]1C[C@@H]1C[C@@H]1C[C@H]1CCCCCCCCO. The highest BCUT2D eigenvalue weighted by Gasteiger charge is 2.44. The molecule has 0 aliphatic heterocycles. The average Bonchev–Trinajstić information content (AvgIpc) is 3.39. The summed E-state index contributed by atoms with van der Waals surface area (Å²) in [6, 6.07) is 0. The molecule has 1 N–H and O–H groups in total. The van der Waals surface area contributed by atoms with Gasteiger partial charge in [0.25, 0.3) is 0 Å². The molecule has 0 spiro atoms. The van der Waals surface area contributed by atoms with Gasteiger partial charge in [-0.2, -0.15) is 0 Å². The molecule has 0 saturated heterocycles. The lowest BCUT2D eigenvalue weighted by molar-refractivity contribution is 0.282. The monoisotopic (exact) mass is 294 g/mol. The van der Waals surface area contributed by atoms with E-state index in [1.165, 1.54) is 64.2 Å². The number of hydrogen-bond donors (Lipinski definition) is 1. The van der Waals surface area contributed by atoms with E-state index < -0.39 is 0 Å². The molecule has 1 heteroatoms. The summed E-state index contributed by atoms with van der Waals surface area (Å²) in [5.74, 6) is 4.50. The molecule has 1 nitrogen and oxygen atoms in total. The minimum Gasteiger partial charge on any atom is -0.396 e. The largest absolute Gasteiger partial charge is 0.396 e. The van der Waals surface area contributed by atoms with Crippen LogP contribution >= 0.6 is 0 Å². The normalized spacial score (nSPS) is 30.6. The molecular weight excluding hydrogens is 256 g/mol. The van der Waals surface area contributed by atoms with Crippen LogP contribution in [0.15, 0.2) is 0 Å². The molecule has 0 amide bonds. The molecule has 21 heavy (non-hydrogen) atoms. The van der Waals surface area contributed by atoms with E-state index in [4.69, 9.17) is 5.11 Å². The van der Waals surface area contributed by atoms with E-state index in [1.54, 1.807) is 19.3 Å². The molecule has 2 fully saturated rings. The van der Waals surface area contributed by atoms with Crippen LogP contribution in [-0.4, -0.2) is 11.7 Å². The Morgan fingerprint density at radius 2 is 1.19 bits per heavy atom. The fraction of sp³-hybridized carbons (Fsp3) is 1.00. The smallest absolute Gasteiger partial charge is 0.0431 e. The van der Waals surface area contributed by atoms with E-state index in [9.17, 15) is 0 Å². The molecule has 0 radical (unpaired) electrons. The van der Waals surface area contributed by atoms with Crippen molar-refractivity contribution in [1.29, 1.82) is 0 Å². The van der Waals surface area contributed by atoms with Gasteiger partial charge in [0, 0.05) is 6.61 Å². The number of rotatable bonds is 14. The maximum atomic E-state index is 8.74. The van der Waals surface area contributed by atoms with Gasteiger partial charge in [0.2, 0.25) is 0 Å². The second-order valence-corrected chi connectivity index (χ2v) is 7.88. The van der Waals surface area contributed by atoms with E-state index in [2.05, 4.69) is 6.92 Å². The van der Waals surface area contributed by atoms with E-state index in [0.29, 0.717) is 6.61 Å². The third-order valence-electron chi connectivity index (χ3n) is 5.91. The van der Waals surface area contributed by atoms with Crippen molar-refractivity contribution in [3.05, 3.63) is 0 Å². The third-order valence-corrected chi connectivity index (χ3v) is 5.91. The van der Waals surface area contributed by atoms with E-state index in [-0.39, 0.29) is 0 Å². The first-order chi connectivity index (χ1) is 10.3. The van der Waals surface area contributed by atoms with Gasteiger partial charge < -0.3 is 5.11 Å². The van der Waals surface area contributed by atoms with E-state index in [1.807, 2.05) is 0 Å². The molecule has 2 aliphatic rings. The average molecular weight is 295 g/mol. The highest BCUT2D eigenvalue weighted by atomic mass is 16.2. The van der Waals surface area contributed by atoms with Crippen molar-refractivity contribution in [3.63, 3.8) is 0 Å². The fourth-order valence-electron chi connectivity index (χ4n) is 4.18. The van der Waals surface area contributed by atoms with Crippen molar-refractivity contribution in [2.75, 3.05) is 6.61 Å². The van der Waals surface area contributed by atoms with E-state index in [0.717, 1.165) is 30.1 Å². The Labute approximate surface area is 132 Å². The van der Waals surface area contributed by atoms with Gasteiger partial charge in [0.05, 0.1) is 0 Å². The number of unbranched alkanes of at least 4 members (excludes halogenated alkanes) is 7. The van der Waals surface area contributed by atoms with Crippen molar-refractivity contribution in [1.82, 2.24) is 0 Å². The molecule has 0 heterocycles. The van der Waals surface area contributed by atoms with Crippen LogP contribution < -0.4 is 0 Å². The molecule has 2 rings (SSSR count). The van der Waals surface area contributed by atoms with Crippen molar-refractivity contribution >= 4 is 0 Å². The summed E-state index contributed by atoms with van der Waals surface area (Å²) >= 11 is 0. The van der Waals surface area contributed by atoms with Gasteiger partial charge in [0.1, 0.15) is 0 Å². The van der Waals surface area contributed by atoms with Crippen molar-refractivity contribution < 1.29 is 5.11 Å². The summed E-state index contributed by atoms with van der Waals surface area (Å²) in [5.41, 5.74) is 0. The Hall–Kier alpha value is -0.0400. The van der Waals surface area contributed by atoms with Crippen LogP contribution in [0.25, 0.3) is 0 Å². The van der Waals surface area contributed by atoms with Crippen molar-refractivity contribution in [3.8, 4) is 0 Å². The zero-order chi connectivity index (χ0) is 14.9. The summed E-state index contributed by atoms with van der Waals surface area (Å²) in [6.07, 6.45) is 19.9. The van der Waals surface area contributed by atoms with Crippen LogP contribution in [0.2, 0.25) is 0 Å². The van der Waals surface area contributed by atoms with Gasteiger partial charge in [-0.3, -0.25) is 0 Å². The number of aliphatic hydroxyl groups is 1. The molecule has 0 aromatic heterocycles. The Morgan fingerprint density at radius 1 is 0.667 bits per heavy atom. The maximum absolute atomic E-state index is 8.74. The standard InChI is InChI=1S/C20H38O/c1-2-3-8-11-17-14-19(17)16-20-15-18(20)12-9-6-4-5-7-10-13-21/h17-21H,2-16H2,1H3/t17-,18-,19-,20+/m1/s1. The molecule has 2 aliphatic carbocycles. The maximum Gasteiger partial charge on any atom is 0.0431 e. The Bertz CT molecular complexity index is 263. The lowest BCUT2D eigenvalue weighted by atomic mass is 10.0. The Morgan fingerprint density at radius 3 is 1.76 bits per heavy atom. The highest BCUT2D eigenvalue weighted by Crippen LogP contribution is 2.54. The quantitative estimate of drug-likeness (QED) is 0.392.